The molecule has 2 aromatic carbocycles. The molecule has 1 unspecified atom stereocenters. The van der Waals surface area contributed by atoms with E-state index in [-0.39, 0.29) is 0 Å². The van der Waals surface area contributed by atoms with Gasteiger partial charge in [0.2, 0.25) is 5.88 Å². The Bertz CT molecular complexity index is 1010. The van der Waals surface area contributed by atoms with E-state index in [1.807, 2.05) is 53.4 Å². The molecular formula is C21H21N3O4. The van der Waals surface area contributed by atoms with Gasteiger partial charge in [0.1, 0.15) is 29.2 Å². The number of amidine groups is 1. The van der Waals surface area contributed by atoms with Gasteiger partial charge in [0.25, 0.3) is 0 Å². The molecule has 1 aromatic heterocycles. The van der Waals surface area contributed by atoms with Crippen LogP contribution in [-0.2, 0) is 0 Å². The molecule has 0 aliphatic carbocycles. The fourth-order valence-electron chi connectivity index (χ4n) is 3.24. The van der Waals surface area contributed by atoms with Crippen LogP contribution in [-0.4, -0.2) is 27.2 Å². The normalized spacial score (nSPS) is 15.6. The van der Waals surface area contributed by atoms with E-state index in [0.717, 1.165) is 22.6 Å². The molecule has 0 spiro atoms. The topological polar surface area (TPSA) is 82.5 Å². The van der Waals surface area contributed by atoms with Gasteiger partial charge in [-0.05, 0) is 42.5 Å². The first-order valence-electron chi connectivity index (χ1n) is 8.73. The molecule has 1 atom stereocenters. The molecule has 2 heterocycles. The van der Waals surface area contributed by atoms with Gasteiger partial charge in [-0.15, -0.1) is 0 Å². The van der Waals surface area contributed by atoms with Crippen LogP contribution in [0.2, 0.25) is 0 Å². The van der Waals surface area contributed by atoms with E-state index in [4.69, 9.17) is 29.4 Å². The first-order chi connectivity index (χ1) is 13.7. The molecular weight excluding hydrogens is 358 g/mol. The van der Waals surface area contributed by atoms with E-state index in [0.29, 0.717) is 23.2 Å². The minimum atomic E-state index is -0.495. The van der Waals surface area contributed by atoms with E-state index >= 15 is 0 Å². The maximum Gasteiger partial charge on any atom is 0.227 e. The Morgan fingerprint density at radius 3 is 2.32 bits per heavy atom. The number of furan rings is 1. The van der Waals surface area contributed by atoms with Gasteiger partial charge >= 0.3 is 0 Å². The number of benzene rings is 2. The number of nitrogens with two attached hydrogens (primary N) is 1. The van der Waals surface area contributed by atoms with Crippen LogP contribution in [0.15, 0.2) is 64.2 Å². The van der Waals surface area contributed by atoms with Crippen LogP contribution in [0.25, 0.3) is 0 Å². The Labute approximate surface area is 162 Å². The molecule has 7 heteroatoms. The minimum Gasteiger partial charge on any atom is -0.497 e. The summed E-state index contributed by atoms with van der Waals surface area (Å²) in [5, 5.41) is 0. The zero-order valence-electron chi connectivity index (χ0n) is 15.9. The number of nitrogens with zero attached hydrogens (tertiary/aromatic N) is 2. The van der Waals surface area contributed by atoms with Gasteiger partial charge in [0.05, 0.1) is 38.8 Å². The monoisotopic (exact) mass is 379 g/mol. The van der Waals surface area contributed by atoms with Crippen LogP contribution in [0.4, 0.5) is 11.6 Å². The molecule has 0 saturated carbocycles. The molecule has 0 amide bonds. The largest absolute Gasteiger partial charge is 0.497 e. The SMILES string of the molecule is COc1ccc(C2=Nc3occc3C(N)N2c2ccc(OC)cc2OC)cc1. The van der Waals surface area contributed by atoms with Crippen molar-refractivity contribution in [1.82, 2.24) is 0 Å². The van der Waals surface area contributed by atoms with Crippen molar-refractivity contribution in [3.8, 4) is 17.2 Å². The van der Waals surface area contributed by atoms with E-state index in [2.05, 4.69) is 0 Å². The molecule has 1 aliphatic heterocycles. The number of fused-ring (bicyclic) bond motifs is 1. The van der Waals surface area contributed by atoms with Gasteiger partial charge in [-0.25, -0.2) is 0 Å². The van der Waals surface area contributed by atoms with Gasteiger partial charge in [-0.1, -0.05) is 0 Å². The van der Waals surface area contributed by atoms with Crippen molar-refractivity contribution in [3.63, 3.8) is 0 Å². The van der Waals surface area contributed by atoms with E-state index in [1.165, 1.54) is 0 Å². The summed E-state index contributed by atoms with van der Waals surface area (Å²) in [6.07, 6.45) is 1.10. The van der Waals surface area contributed by atoms with E-state index in [1.54, 1.807) is 27.6 Å². The van der Waals surface area contributed by atoms with Gasteiger partial charge in [-0.2, -0.15) is 4.99 Å². The summed E-state index contributed by atoms with van der Waals surface area (Å²) < 4.78 is 21.7. The van der Waals surface area contributed by atoms with Crippen LogP contribution in [0.1, 0.15) is 17.3 Å². The highest BCUT2D eigenvalue weighted by atomic mass is 16.5. The van der Waals surface area contributed by atoms with Crippen molar-refractivity contribution in [2.24, 2.45) is 10.7 Å². The lowest BCUT2D eigenvalue weighted by atomic mass is 10.1. The summed E-state index contributed by atoms with van der Waals surface area (Å²) in [6, 6.07) is 15.0. The third kappa shape index (κ3) is 2.95. The molecule has 28 heavy (non-hydrogen) atoms. The second-order valence-corrected chi connectivity index (χ2v) is 6.20. The van der Waals surface area contributed by atoms with Crippen LogP contribution < -0.4 is 24.8 Å². The lowest BCUT2D eigenvalue weighted by Crippen LogP contribution is -2.42. The average Bonchev–Trinajstić information content (AvgIpc) is 3.22. The molecule has 1 aliphatic rings. The third-order valence-electron chi connectivity index (χ3n) is 4.70. The Morgan fingerprint density at radius 1 is 0.929 bits per heavy atom. The van der Waals surface area contributed by atoms with Gasteiger partial charge < -0.3 is 29.3 Å². The van der Waals surface area contributed by atoms with Crippen molar-refractivity contribution >= 4 is 17.4 Å². The fourth-order valence-corrected chi connectivity index (χ4v) is 3.24. The molecule has 3 aromatic rings. The standard InChI is InChI=1S/C21H21N3O4/c1-25-14-6-4-13(5-7-14)20-23-21-16(10-11-28-21)19(22)24(20)17-9-8-15(26-2)12-18(17)27-3/h4-12,19H,22H2,1-3H3. The summed E-state index contributed by atoms with van der Waals surface area (Å²) >= 11 is 0. The van der Waals surface area contributed by atoms with Crippen molar-refractivity contribution in [3.05, 3.63) is 65.9 Å². The van der Waals surface area contributed by atoms with Gasteiger partial charge in [-0.3, -0.25) is 0 Å². The Hall–Kier alpha value is -3.45. The van der Waals surface area contributed by atoms with Crippen molar-refractivity contribution in [2.75, 3.05) is 26.2 Å². The molecule has 144 valence electrons. The predicted octanol–water partition coefficient (Wildman–Crippen LogP) is 3.86. The molecule has 0 bridgehead atoms. The van der Waals surface area contributed by atoms with Crippen LogP contribution in [0.5, 0.6) is 17.2 Å². The number of hydrogen-bond donors (Lipinski definition) is 1. The first kappa shape index (κ1) is 17.9. The summed E-state index contributed by atoms with van der Waals surface area (Å²) in [7, 11) is 4.86. The highest BCUT2D eigenvalue weighted by molar-refractivity contribution is 6.13. The van der Waals surface area contributed by atoms with Crippen LogP contribution >= 0.6 is 0 Å². The lowest BCUT2D eigenvalue weighted by Gasteiger charge is -2.35. The second-order valence-electron chi connectivity index (χ2n) is 6.20. The average molecular weight is 379 g/mol. The number of anilines is 1. The molecule has 2 N–H and O–H groups in total. The Morgan fingerprint density at radius 2 is 1.64 bits per heavy atom. The summed E-state index contributed by atoms with van der Waals surface area (Å²) in [5.74, 6) is 3.24. The fraction of sp³-hybridized carbons (Fsp3) is 0.190. The molecule has 0 radical (unpaired) electrons. The van der Waals surface area contributed by atoms with E-state index < -0.39 is 6.17 Å². The zero-order valence-corrected chi connectivity index (χ0v) is 15.9. The maximum absolute atomic E-state index is 6.62. The summed E-state index contributed by atoms with van der Waals surface area (Å²) in [4.78, 5) is 6.65. The Kier molecular flexibility index (Phi) is 4.67. The third-order valence-corrected chi connectivity index (χ3v) is 4.70. The molecule has 7 nitrogen and oxygen atoms in total. The quantitative estimate of drug-likeness (QED) is 0.725. The molecule has 0 saturated heterocycles. The van der Waals surface area contributed by atoms with Crippen molar-refractivity contribution in [1.29, 1.82) is 0 Å². The van der Waals surface area contributed by atoms with Crippen molar-refractivity contribution < 1.29 is 18.6 Å². The number of rotatable bonds is 5. The van der Waals surface area contributed by atoms with Gasteiger partial charge in [0, 0.05) is 11.6 Å². The number of hydrogen-bond acceptors (Lipinski definition) is 7. The van der Waals surface area contributed by atoms with Gasteiger partial charge in [0.15, 0.2) is 0 Å². The van der Waals surface area contributed by atoms with E-state index in [9.17, 15) is 0 Å². The van der Waals surface area contributed by atoms with Crippen LogP contribution in [0.3, 0.4) is 0 Å². The predicted molar refractivity (Wildman–Crippen MR) is 107 cm³/mol. The highest BCUT2D eigenvalue weighted by Gasteiger charge is 2.33. The van der Waals surface area contributed by atoms with Crippen molar-refractivity contribution in [2.45, 2.75) is 6.17 Å². The number of ether oxygens (including phenoxy) is 3. The summed E-state index contributed by atoms with van der Waals surface area (Å²) in [6.45, 7) is 0. The smallest absolute Gasteiger partial charge is 0.227 e. The zero-order chi connectivity index (χ0) is 19.7. The second kappa shape index (κ2) is 7.28. The molecule has 0 fully saturated rings. The first-order valence-corrected chi connectivity index (χ1v) is 8.73. The number of methoxy groups -OCH3 is 3. The number of aliphatic imine (C=N–C) groups is 1. The Balaban J connectivity index is 1.88. The summed E-state index contributed by atoms with van der Waals surface area (Å²) in [5.41, 5.74) is 9.07. The highest BCUT2D eigenvalue weighted by Crippen LogP contribution is 2.42. The van der Waals surface area contributed by atoms with Crippen LogP contribution in [0, 0.1) is 0 Å². The maximum atomic E-state index is 6.62. The lowest BCUT2D eigenvalue weighted by molar-refractivity contribution is 0.394. The minimum absolute atomic E-state index is 0.495. The molecule has 4 rings (SSSR count).